The van der Waals surface area contributed by atoms with Gasteiger partial charge in [-0.3, -0.25) is 10.0 Å². The van der Waals surface area contributed by atoms with Crippen molar-refractivity contribution in [3.05, 3.63) is 77.9 Å². The number of hydrogen-bond acceptors (Lipinski definition) is 4. The molecule has 7 heteroatoms. The SMILES string of the molecule is CC(NS(=O)(=O)c1cccc2ccccc12)c1ccc(C(=O)NO)cc1. The second kappa shape index (κ2) is 7.25. The van der Waals surface area contributed by atoms with Crippen LogP contribution in [0.1, 0.15) is 28.9 Å². The number of nitrogens with one attached hydrogen (secondary N) is 2. The maximum Gasteiger partial charge on any atom is 0.274 e. The second-order valence-corrected chi connectivity index (χ2v) is 7.57. The van der Waals surface area contributed by atoms with E-state index in [4.69, 9.17) is 5.21 Å². The third kappa shape index (κ3) is 3.60. The van der Waals surface area contributed by atoms with Gasteiger partial charge in [0.2, 0.25) is 10.0 Å². The largest absolute Gasteiger partial charge is 0.288 e. The van der Waals surface area contributed by atoms with Crippen LogP contribution in [-0.2, 0) is 10.0 Å². The molecule has 0 aliphatic heterocycles. The highest BCUT2D eigenvalue weighted by molar-refractivity contribution is 7.89. The molecule has 0 spiro atoms. The third-order valence-electron chi connectivity index (χ3n) is 4.15. The Bertz CT molecular complexity index is 1040. The number of rotatable bonds is 5. The summed E-state index contributed by atoms with van der Waals surface area (Å²) in [6.45, 7) is 1.73. The van der Waals surface area contributed by atoms with Gasteiger partial charge < -0.3 is 0 Å². The average Bonchev–Trinajstić information content (AvgIpc) is 2.66. The molecule has 1 amide bonds. The summed E-state index contributed by atoms with van der Waals surface area (Å²) in [4.78, 5) is 11.6. The molecule has 3 N–H and O–H groups in total. The molecule has 0 saturated heterocycles. The molecular formula is C19H18N2O4S. The molecule has 1 unspecified atom stereocenters. The maximum atomic E-state index is 12.8. The fraction of sp³-hybridized carbons (Fsp3) is 0.105. The van der Waals surface area contributed by atoms with E-state index >= 15 is 0 Å². The van der Waals surface area contributed by atoms with Crippen LogP contribution in [0.5, 0.6) is 0 Å². The van der Waals surface area contributed by atoms with Gasteiger partial charge in [0.1, 0.15) is 0 Å². The lowest BCUT2D eigenvalue weighted by Gasteiger charge is -2.16. The zero-order valence-corrected chi connectivity index (χ0v) is 14.8. The van der Waals surface area contributed by atoms with E-state index in [-0.39, 0.29) is 10.5 Å². The lowest BCUT2D eigenvalue weighted by Crippen LogP contribution is -2.27. The number of benzene rings is 3. The quantitative estimate of drug-likeness (QED) is 0.475. The third-order valence-corrected chi connectivity index (χ3v) is 5.74. The van der Waals surface area contributed by atoms with Crippen LogP contribution < -0.4 is 10.2 Å². The summed E-state index contributed by atoms with van der Waals surface area (Å²) in [5.41, 5.74) is 2.53. The monoisotopic (exact) mass is 370 g/mol. The lowest BCUT2D eigenvalue weighted by molar-refractivity contribution is 0.0706. The van der Waals surface area contributed by atoms with Crippen molar-refractivity contribution in [2.45, 2.75) is 17.9 Å². The van der Waals surface area contributed by atoms with E-state index in [1.165, 1.54) is 12.1 Å². The van der Waals surface area contributed by atoms with E-state index in [2.05, 4.69) is 4.72 Å². The van der Waals surface area contributed by atoms with Gasteiger partial charge >= 0.3 is 0 Å². The maximum absolute atomic E-state index is 12.8. The first kappa shape index (κ1) is 18.1. The number of fused-ring (bicyclic) bond motifs is 1. The van der Waals surface area contributed by atoms with Crippen molar-refractivity contribution in [1.29, 1.82) is 0 Å². The van der Waals surface area contributed by atoms with Gasteiger partial charge in [0, 0.05) is 17.0 Å². The Morgan fingerprint density at radius 3 is 2.31 bits per heavy atom. The molecule has 0 aliphatic carbocycles. The number of sulfonamides is 1. The number of amides is 1. The molecule has 6 nitrogen and oxygen atoms in total. The molecule has 3 aromatic carbocycles. The van der Waals surface area contributed by atoms with E-state index in [1.807, 2.05) is 18.2 Å². The predicted molar refractivity (Wildman–Crippen MR) is 98.4 cm³/mol. The molecule has 134 valence electrons. The zero-order chi connectivity index (χ0) is 18.7. The van der Waals surface area contributed by atoms with Crippen LogP contribution in [0.15, 0.2) is 71.6 Å². The fourth-order valence-corrected chi connectivity index (χ4v) is 4.24. The highest BCUT2D eigenvalue weighted by Crippen LogP contribution is 2.24. The van der Waals surface area contributed by atoms with Crippen molar-refractivity contribution in [3.8, 4) is 0 Å². The van der Waals surface area contributed by atoms with E-state index < -0.39 is 22.0 Å². The Morgan fingerprint density at radius 2 is 1.62 bits per heavy atom. The number of hydrogen-bond donors (Lipinski definition) is 3. The molecule has 3 aromatic rings. The van der Waals surface area contributed by atoms with Crippen LogP contribution in [0, 0.1) is 0 Å². The van der Waals surface area contributed by atoms with Crippen molar-refractivity contribution >= 4 is 26.7 Å². The smallest absolute Gasteiger partial charge is 0.274 e. The van der Waals surface area contributed by atoms with Crippen LogP contribution in [0.3, 0.4) is 0 Å². The van der Waals surface area contributed by atoms with Crippen molar-refractivity contribution < 1.29 is 18.4 Å². The second-order valence-electron chi connectivity index (χ2n) is 5.88. The summed E-state index contributed by atoms with van der Waals surface area (Å²) in [5.74, 6) is -0.625. The summed E-state index contributed by atoms with van der Waals surface area (Å²) in [5, 5.41) is 10.1. The van der Waals surface area contributed by atoms with E-state index in [0.29, 0.717) is 10.9 Å². The molecule has 0 saturated carbocycles. The van der Waals surface area contributed by atoms with Gasteiger partial charge in [0.25, 0.3) is 5.91 Å². The molecule has 0 radical (unpaired) electrons. The highest BCUT2D eigenvalue weighted by atomic mass is 32.2. The van der Waals surface area contributed by atoms with Crippen molar-refractivity contribution in [1.82, 2.24) is 10.2 Å². The summed E-state index contributed by atoms with van der Waals surface area (Å²) < 4.78 is 28.4. The minimum absolute atomic E-state index is 0.221. The van der Waals surface area contributed by atoms with Crippen LogP contribution >= 0.6 is 0 Å². The van der Waals surface area contributed by atoms with Gasteiger partial charge in [0.05, 0.1) is 4.90 Å². The minimum Gasteiger partial charge on any atom is -0.288 e. The molecule has 0 heterocycles. The molecule has 0 aliphatic rings. The number of hydroxylamine groups is 1. The molecule has 0 aromatic heterocycles. The number of carbonyl (C=O) groups excluding carboxylic acids is 1. The first-order valence-electron chi connectivity index (χ1n) is 7.97. The van der Waals surface area contributed by atoms with Gasteiger partial charge in [-0.25, -0.2) is 18.6 Å². The van der Waals surface area contributed by atoms with Gasteiger partial charge in [0.15, 0.2) is 0 Å². The van der Waals surface area contributed by atoms with Crippen LogP contribution in [0.25, 0.3) is 10.8 Å². The topological polar surface area (TPSA) is 95.5 Å². The van der Waals surface area contributed by atoms with Crippen molar-refractivity contribution in [3.63, 3.8) is 0 Å². The number of carbonyl (C=O) groups is 1. The van der Waals surface area contributed by atoms with Gasteiger partial charge in [-0.15, -0.1) is 0 Å². The summed E-state index contributed by atoms with van der Waals surface area (Å²) >= 11 is 0. The Balaban J connectivity index is 1.88. The van der Waals surface area contributed by atoms with E-state index in [1.54, 1.807) is 48.8 Å². The summed E-state index contributed by atoms with van der Waals surface area (Å²) in [7, 11) is -3.73. The molecule has 26 heavy (non-hydrogen) atoms. The first-order chi connectivity index (χ1) is 12.4. The van der Waals surface area contributed by atoms with E-state index in [0.717, 1.165) is 5.39 Å². The van der Waals surface area contributed by atoms with Crippen molar-refractivity contribution in [2.24, 2.45) is 0 Å². The van der Waals surface area contributed by atoms with Crippen LogP contribution in [-0.4, -0.2) is 19.5 Å². The lowest BCUT2D eigenvalue weighted by atomic mass is 10.1. The summed E-state index contributed by atoms with van der Waals surface area (Å²) in [6, 6.07) is 18.3. The van der Waals surface area contributed by atoms with Gasteiger partial charge in [-0.1, -0.05) is 48.5 Å². The Hall–Kier alpha value is -2.74. The fourth-order valence-electron chi connectivity index (χ4n) is 2.78. The Morgan fingerprint density at radius 1 is 0.962 bits per heavy atom. The molecule has 1 atom stereocenters. The van der Waals surface area contributed by atoms with Gasteiger partial charge in [-0.2, -0.15) is 0 Å². The summed E-state index contributed by atoms with van der Waals surface area (Å²) in [6.07, 6.45) is 0. The highest BCUT2D eigenvalue weighted by Gasteiger charge is 2.20. The Kier molecular flexibility index (Phi) is 5.03. The molecular weight excluding hydrogens is 352 g/mol. The van der Waals surface area contributed by atoms with Crippen LogP contribution in [0.2, 0.25) is 0 Å². The van der Waals surface area contributed by atoms with Crippen molar-refractivity contribution in [2.75, 3.05) is 0 Å². The minimum atomic E-state index is -3.73. The van der Waals surface area contributed by atoms with Gasteiger partial charge in [-0.05, 0) is 36.1 Å². The molecule has 3 rings (SSSR count). The average molecular weight is 370 g/mol. The normalized spacial score (nSPS) is 12.7. The first-order valence-corrected chi connectivity index (χ1v) is 9.45. The van der Waals surface area contributed by atoms with E-state index in [9.17, 15) is 13.2 Å². The standard InChI is InChI=1S/C19H18N2O4S/c1-13(14-9-11-16(12-10-14)19(22)20-23)21-26(24,25)18-8-4-6-15-5-2-3-7-17(15)18/h2-13,21,23H,1H3,(H,20,22). The Labute approximate surface area is 151 Å². The molecule has 0 bridgehead atoms. The van der Waals surface area contributed by atoms with Crippen LogP contribution in [0.4, 0.5) is 0 Å². The predicted octanol–water partition coefficient (Wildman–Crippen LogP) is 3.00. The molecule has 0 fully saturated rings. The zero-order valence-electron chi connectivity index (χ0n) is 14.0.